The van der Waals surface area contributed by atoms with Gasteiger partial charge in [-0.2, -0.15) is 0 Å². The number of carbonyl (C=O) groups excluding carboxylic acids is 1. The molecule has 0 aromatic carbocycles. The van der Waals surface area contributed by atoms with Crippen LogP contribution in [0.1, 0.15) is 23.7 Å². The molecule has 0 radical (unpaired) electrons. The number of carbonyl (C=O) groups is 1. The van der Waals surface area contributed by atoms with E-state index in [2.05, 4.69) is 20.6 Å². The Morgan fingerprint density at radius 1 is 1.21 bits per heavy atom. The van der Waals surface area contributed by atoms with Gasteiger partial charge >= 0.3 is 0 Å². The first kappa shape index (κ1) is 13.0. The molecule has 2 aromatic heterocycles. The summed E-state index contributed by atoms with van der Waals surface area (Å²) in [5.74, 6) is 0.553. The van der Waals surface area contributed by atoms with E-state index in [1.54, 1.807) is 30.7 Å². The summed E-state index contributed by atoms with van der Waals surface area (Å²) < 4.78 is 0. The third kappa shape index (κ3) is 3.77. The van der Waals surface area contributed by atoms with E-state index >= 15 is 0 Å². The number of nitrogens with zero attached hydrogens (tertiary/aromatic N) is 2. The number of hydrogen-bond acceptors (Lipinski definition) is 4. The van der Waals surface area contributed by atoms with E-state index in [0.717, 1.165) is 12.1 Å². The number of anilines is 2. The molecule has 0 saturated carbocycles. The average molecular weight is 256 g/mol. The normalized spacial score (nSPS) is 9.95. The Bertz CT molecular complexity index is 542. The number of amides is 1. The van der Waals surface area contributed by atoms with Gasteiger partial charge in [-0.05, 0) is 30.7 Å². The fraction of sp³-hybridized carbons (Fsp3) is 0.214. The van der Waals surface area contributed by atoms with Crippen LogP contribution in [-0.4, -0.2) is 22.4 Å². The van der Waals surface area contributed by atoms with Gasteiger partial charge in [0, 0.05) is 36.4 Å². The largest absolute Gasteiger partial charge is 0.352 e. The molecule has 2 N–H and O–H groups in total. The lowest BCUT2D eigenvalue weighted by Gasteiger charge is -2.07. The van der Waals surface area contributed by atoms with Crippen molar-refractivity contribution in [3.05, 3.63) is 48.4 Å². The molecule has 2 rings (SSSR count). The van der Waals surface area contributed by atoms with Gasteiger partial charge in [-0.15, -0.1) is 0 Å². The number of aromatic nitrogens is 2. The second-order valence-corrected chi connectivity index (χ2v) is 4.05. The highest BCUT2D eigenvalue weighted by atomic mass is 16.1. The van der Waals surface area contributed by atoms with Gasteiger partial charge in [-0.1, -0.05) is 6.92 Å². The summed E-state index contributed by atoms with van der Waals surface area (Å²) in [6, 6.07) is 7.10. The van der Waals surface area contributed by atoms with Crippen molar-refractivity contribution in [1.82, 2.24) is 15.3 Å². The third-order valence-electron chi connectivity index (χ3n) is 2.51. The van der Waals surface area contributed by atoms with Crippen molar-refractivity contribution < 1.29 is 4.79 Å². The van der Waals surface area contributed by atoms with Crippen LogP contribution >= 0.6 is 0 Å². The van der Waals surface area contributed by atoms with Crippen LogP contribution < -0.4 is 10.6 Å². The van der Waals surface area contributed by atoms with Gasteiger partial charge in [-0.3, -0.25) is 9.78 Å². The van der Waals surface area contributed by atoms with Gasteiger partial charge in [0.05, 0.1) is 0 Å². The maximum Gasteiger partial charge on any atom is 0.251 e. The Labute approximate surface area is 112 Å². The van der Waals surface area contributed by atoms with Crippen molar-refractivity contribution in [1.29, 1.82) is 0 Å². The second-order valence-electron chi connectivity index (χ2n) is 4.05. The number of hydrogen-bond donors (Lipinski definition) is 2. The molecule has 0 spiro atoms. The third-order valence-corrected chi connectivity index (χ3v) is 2.51. The molecule has 0 atom stereocenters. The standard InChI is InChI=1S/C14H16N4O/c1-2-6-17-14(19)11-3-9-16-13(10-11)18-12-4-7-15-8-5-12/h3-5,7-10H,2,6H2,1H3,(H,17,19)(H,15,16,18). The summed E-state index contributed by atoms with van der Waals surface area (Å²) >= 11 is 0. The quantitative estimate of drug-likeness (QED) is 0.861. The topological polar surface area (TPSA) is 66.9 Å². The molecule has 5 nitrogen and oxygen atoms in total. The van der Waals surface area contributed by atoms with Crippen LogP contribution in [0.25, 0.3) is 0 Å². The van der Waals surface area contributed by atoms with Crippen molar-refractivity contribution in [2.75, 3.05) is 11.9 Å². The lowest BCUT2D eigenvalue weighted by molar-refractivity contribution is 0.0953. The van der Waals surface area contributed by atoms with Gasteiger partial charge in [0.15, 0.2) is 0 Å². The molecule has 2 aromatic rings. The molecule has 0 aliphatic rings. The van der Waals surface area contributed by atoms with E-state index in [4.69, 9.17) is 0 Å². The van der Waals surface area contributed by atoms with Crippen LogP contribution in [0.2, 0.25) is 0 Å². The number of rotatable bonds is 5. The van der Waals surface area contributed by atoms with Crippen molar-refractivity contribution >= 4 is 17.4 Å². The smallest absolute Gasteiger partial charge is 0.251 e. The molecule has 1 amide bonds. The predicted molar refractivity (Wildman–Crippen MR) is 74.4 cm³/mol. The van der Waals surface area contributed by atoms with E-state index in [1.807, 2.05) is 19.1 Å². The Morgan fingerprint density at radius 2 is 2.00 bits per heavy atom. The van der Waals surface area contributed by atoms with Crippen LogP contribution in [0, 0.1) is 0 Å². The molecule has 5 heteroatoms. The van der Waals surface area contributed by atoms with Crippen molar-refractivity contribution in [3.63, 3.8) is 0 Å². The first-order valence-electron chi connectivity index (χ1n) is 6.21. The molecular formula is C14H16N4O. The van der Waals surface area contributed by atoms with Gasteiger partial charge in [-0.25, -0.2) is 4.98 Å². The summed E-state index contributed by atoms with van der Waals surface area (Å²) in [5, 5.41) is 5.96. The Hall–Kier alpha value is -2.43. The lowest BCUT2D eigenvalue weighted by Crippen LogP contribution is -2.24. The van der Waals surface area contributed by atoms with E-state index in [9.17, 15) is 4.79 Å². The molecule has 2 heterocycles. The minimum Gasteiger partial charge on any atom is -0.352 e. The number of nitrogens with one attached hydrogen (secondary N) is 2. The fourth-order valence-electron chi connectivity index (χ4n) is 1.56. The first-order chi connectivity index (χ1) is 9.29. The molecule has 19 heavy (non-hydrogen) atoms. The van der Waals surface area contributed by atoms with Gasteiger partial charge < -0.3 is 10.6 Å². The van der Waals surface area contributed by atoms with Crippen LogP contribution in [0.3, 0.4) is 0 Å². The SMILES string of the molecule is CCCNC(=O)c1ccnc(Nc2ccncc2)c1. The molecule has 0 bridgehead atoms. The van der Waals surface area contributed by atoms with Crippen molar-refractivity contribution in [2.24, 2.45) is 0 Å². The molecular weight excluding hydrogens is 240 g/mol. The van der Waals surface area contributed by atoms with Gasteiger partial charge in [0.25, 0.3) is 5.91 Å². The predicted octanol–water partition coefficient (Wildman–Crippen LogP) is 2.36. The maximum absolute atomic E-state index is 11.8. The van der Waals surface area contributed by atoms with Crippen LogP contribution in [0.5, 0.6) is 0 Å². The summed E-state index contributed by atoms with van der Waals surface area (Å²) in [5.41, 5.74) is 1.48. The van der Waals surface area contributed by atoms with E-state index < -0.39 is 0 Å². The highest BCUT2D eigenvalue weighted by Gasteiger charge is 2.05. The molecule has 0 saturated heterocycles. The number of pyridine rings is 2. The summed E-state index contributed by atoms with van der Waals surface area (Å²) in [7, 11) is 0. The Morgan fingerprint density at radius 3 is 2.74 bits per heavy atom. The zero-order valence-electron chi connectivity index (χ0n) is 10.8. The first-order valence-corrected chi connectivity index (χ1v) is 6.21. The molecule has 0 aliphatic carbocycles. The Balaban J connectivity index is 2.09. The monoisotopic (exact) mass is 256 g/mol. The van der Waals surface area contributed by atoms with Crippen LogP contribution in [-0.2, 0) is 0 Å². The maximum atomic E-state index is 11.8. The Kier molecular flexibility index (Phi) is 4.44. The molecule has 0 fully saturated rings. The summed E-state index contributed by atoms with van der Waals surface area (Å²) in [6.45, 7) is 2.69. The highest BCUT2D eigenvalue weighted by Crippen LogP contribution is 2.14. The average Bonchev–Trinajstić information content (AvgIpc) is 2.46. The summed E-state index contributed by atoms with van der Waals surface area (Å²) in [4.78, 5) is 20.0. The molecule has 0 unspecified atom stereocenters. The van der Waals surface area contributed by atoms with Gasteiger partial charge in [0.2, 0.25) is 0 Å². The zero-order chi connectivity index (χ0) is 13.5. The van der Waals surface area contributed by atoms with Crippen LogP contribution in [0.4, 0.5) is 11.5 Å². The minimum atomic E-state index is -0.0815. The second kappa shape index (κ2) is 6.49. The van der Waals surface area contributed by atoms with Crippen LogP contribution in [0.15, 0.2) is 42.9 Å². The molecule has 98 valence electrons. The molecule has 0 aliphatic heterocycles. The van der Waals surface area contributed by atoms with E-state index in [-0.39, 0.29) is 5.91 Å². The van der Waals surface area contributed by atoms with Crippen molar-refractivity contribution in [3.8, 4) is 0 Å². The van der Waals surface area contributed by atoms with E-state index in [1.165, 1.54) is 0 Å². The summed E-state index contributed by atoms with van der Waals surface area (Å²) in [6.07, 6.45) is 5.92. The van der Waals surface area contributed by atoms with E-state index in [0.29, 0.717) is 17.9 Å². The van der Waals surface area contributed by atoms with Gasteiger partial charge in [0.1, 0.15) is 5.82 Å². The zero-order valence-corrected chi connectivity index (χ0v) is 10.8. The fourth-order valence-corrected chi connectivity index (χ4v) is 1.56. The lowest BCUT2D eigenvalue weighted by atomic mass is 10.2. The highest BCUT2D eigenvalue weighted by molar-refractivity contribution is 5.94. The minimum absolute atomic E-state index is 0.0815. The van der Waals surface area contributed by atoms with Crippen molar-refractivity contribution in [2.45, 2.75) is 13.3 Å².